The molecule has 0 aliphatic heterocycles. The number of hydrogen-bond acceptors (Lipinski definition) is 3. The Kier molecular flexibility index (Phi) is 4.52. The van der Waals surface area contributed by atoms with Crippen LogP contribution in [-0.4, -0.2) is 26.1 Å². The predicted molar refractivity (Wildman–Crippen MR) is 71.2 cm³/mol. The van der Waals surface area contributed by atoms with Crippen LogP contribution in [0.15, 0.2) is 24.8 Å². The maximum absolute atomic E-state index is 4.36. The summed E-state index contributed by atoms with van der Waals surface area (Å²) in [5, 5.41) is 12.0. The van der Waals surface area contributed by atoms with Gasteiger partial charge in [-0.15, -0.1) is 0 Å². The molecule has 5 heteroatoms. The van der Waals surface area contributed by atoms with Crippen molar-refractivity contribution in [2.24, 2.45) is 0 Å². The zero-order valence-electron chi connectivity index (χ0n) is 11.1. The summed E-state index contributed by atoms with van der Waals surface area (Å²) >= 11 is 0. The van der Waals surface area contributed by atoms with Crippen molar-refractivity contribution in [3.63, 3.8) is 0 Å². The van der Waals surface area contributed by atoms with Crippen molar-refractivity contribution < 1.29 is 0 Å². The lowest BCUT2D eigenvalue weighted by atomic mass is 10.3. The van der Waals surface area contributed by atoms with Gasteiger partial charge >= 0.3 is 0 Å². The van der Waals surface area contributed by atoms with E-state index in [0.29, 0.717) is 0 Å². The second kappa shape index (κ2) is 6.35. The van der Waals surface area contributed by atoms with Crippen molar-refractivity contribution in [3.05, 3.63) is 35.9 Å². The Bertz CT molecular complexity index is 471. The molecule has 0 saturated heterocycles. The number of nitrogens with zero attached hydrogens (tertiary/aromatic N) is 4. The summed E-state index contributed by atoms with van der Waals surface area (Å²) in [6.07, 6.45) is 9.14. The van der Waals surface area contributed by atoms with Gasteiger partial charge in [-0.05, 0) is 19.9 Å². The van der Waals surface area contributed by atoms with Crippen LogP contribution in [0.4, 0.5) is 0 Å². The van der Waals surface area contributed by atoms with Gasteiger partial charge in [-0.3, -0.25) is 9.36 Å². The van der Waals surface area contributed by atoms with Crippen LogP contribution in [0.5, 0.6) is 0 Å². The van der Waals surface area contributed by atoms with Gasteiger partial charge in [-0.1, -0.05) is 6.92 Å². The van der Waals surface area contributed by atoms with Gasteiger partial charge in [-0.25, -0.2) is 0 Å². The fraction of sp³-hybridized carbons (Fsp3) is 0.538. The molecule has 0 radical (unpaired) electrons. The number of rotatable bonds is 7. The Labute approximate surface area is 108 Å². The molecule has 2 aromatic rings. The molecular weight excluding hydrogens is 226 g/mol. The van der Waals surface area contributed by atoms with Gasteiger partial charge in [0.05, 0.1) is 18.9 Å². The topological polar surface area (TPSA) is 47.7 Å². The van der Waals surface area contributed by atoms with E-state index in [-0.39, 0.29) is 0 Å². The first kappa shape index (κ1) is 12.8. The first-order valence-corrected chi connectivity index (χ1v) is 6.55. The molecule has 2 heterocycles. The van der Waals surface area contributed by atoms with Crippen molar-refractivity contribution in [2.75, 3.05) is 6.54 Å². The third-order valence-corrected chi connectivity index (χ3v) is 2.80. The Morgan fingerprint density at radius 2 is 1.78 bits per heavy atom. The van der Waals surface area contributed by atoms with Crippen molar-refractivity contribution >= 4 is 0 Å². The number of aromatic nitrogens is 4. The van der Waals surface area contributed by atoms with E-state index in [2.05, 4.69) is 41.8 Å². The highest BCUT2D eigenvalue weighted by molar-refractivity contribution is 5.08. The monoisotopic (exact) mass is 247 g/mol. The molecule has 98 valence electrons. The Morgan fingerprint density at radius 1 is 1.06 bits per heavy atom. The SMILES string of the molecule is CCCNCc1cnn(Cc2cnn(CC)c2)c1. The molecule has 1 N–H and O–H groups in total. The van der Waals surface area contributed by atoms with Gasteiger partial charge in [0.25, 0.3) is 0 Å². The summed E-state index contributed by atoms with van der Waals surface area (Å²) in [7, 11) is 0. The highest BCUT2D eigenvalue weighted by Crippen LogP contribution is 2.03. The second-order valence-electron chi connectivity index (χ2n) is 4.43. The van der Waals surface area contributed by atoms with Crippen LogP contribution >= 0.6 is 0 Å². The van der Waals surface area contributed by atoms with Crippen molar-refractivity contribution in [1.29, 1.82) is 0 Å². The summed E-state index contributed by atoms with van der Waals surface area (Å²) in [5.74, 6) is 0. The van der Waals surface area contributed by atoms with Crippen LogP contribution in [0.3, 0.4) is 0 Å². The lowest BCUT2D eigenvalue weighted by Gasteiger charge is -1.99. The molecule has 0 atom stereocenters. The molecule has 0 aliphatic carbocycles. The zero-order valence-corrected chi connectivity index (χ0v) is 11.1. The summed E-state index contributed by atoms with van der Waals surface area (Å²) in [6, 6.07) is 0. The average Bonchev–Trinajstić information content (AvgIpc) is 3.00. The molecule has 0 aliphatic rings. The summed E-state index contributed by atoms with van der Waals surface area (Å²) in [6.45, 7) is 7.89. The highest BCUT2D eigenvalue weighted by atomic mass is 15.3. The third kappa shape index (κ3) is 3.43. The molecular formula is C13H21N5. The van der Waals surface area contributed by atoms with Crippen LogP contribution in [0.1, 0.15) is 31.4 Å². The van der Waals surface area contributed by atoms with E-state index in [1.807, 2.05) is 21.8 Å². The third-order valence-electron chi connectivity index (χ3n) is 2.80. The van der Waals surface area contributed by atoms with Crippen LogP contribution < -0.4 is 5.32 Å². The minimum absolute atomic E-state index is 0.785. The van der Waals surface area contributed by atoms with Gasteiger partial charge in [0.2, 0.25) is 0 Å². The largest absolute Gasteiger partial charge is 0.313 e. The van der Waals surface area contributed by atoms with Crippen LogP contribution in [0.25, 0.3) is 0 Å². The lowest BCUT2D eigenvalue weighted by Crippen LogP contribution is -2.13. The Hall–Kier alpha value is -1.62. The fourth-order valence-electron chi connectivity index (χ4n) is 1.84. The predicted octanol–water partition coefficient (Wildman–Crippen LogP) is 1.65. The molecule has 0 bridgehead atoms. The second-order valence-corrected chi connectivity index (χ2v) is 4.43. The first-order valence-electron chi connectivity index (χ1n) is 6.55. The van der Waals surface area contributed by atoms with E-state index < -0.39 is 0 Å². The van der Waals surface area contributed by atoms with Gasteiger partial charge < -0.3 is 5.32 Å². The van der Waals surface area contributed by atoms with Crippen molar-refractivity contribution in [2.45, 2.75) is 39.9 Å². The molecule has 0 spiro atoms. The summed E-state index contributed by atoms with van der Waals surface area (Å²) < 4.78 is 3.89. The van der Waals surface area contributed by atoms with Crippen LogP contribution in [0.2, 0.25) is 0 Å². The Balaban J connectivity index is 1.89. The number of hydrogen-bond donors (Lipinski definition) is 1. The highest BCUT2D eigenvalue weighted by Gasteiger charge is 2.01. The average molecular weight is 247 g/mol. The molecule has 0 fully saturated rings. The molecule has 5 nitrogen and oxygen atoms in total. The first-order chi connectivity index (χ1) is 8.81. The lowest BCUT2D eigenvalue weighted by molar-refractivity contribution is 0.653. The van der Waals surface area contributed by atoms with Gasteiger partial charge in [-0.2, -0.15) is 10.2 Å². The van der Waals surface area contributed by atoms with Crippen molar-refractivity contribution in [3.8, 4) is 0 Å². The van der Waals surface area contributed by atoms with Crippen molar-refractivity contribution in [1.82, 2.24) is 24.9 Å². The van der Waals surface area contributed by atoms with E-state index in [1.165, 1.54) is 11.1 Å². The van der Waals surface area contributed by atoms with E-state index >= 15 is 0 Å². The van der Waals surface area contributed by atoms with E-state index in [0.717, 1.165) is 32.6 Å². The molecule has 2 aromatic heterocycles. The molecule has 0 unspecified atom stereocenters. The maximum atomic E-state index is 4.36. The molecule has 0 amide bonds. The van der Waals surface area contributed by atoms with Gasteiger partial charge in [0, 0.05) is 36.6 Å². The quantitative estimate of drug-likeness (QED) is 0.757. The van der Waals surface area contributed by atoms with E-state index in [1.54, 1.807) is 0 Å². The Morgan fingerprint density at radius 3 is 2.50 bits per heavy atom. The minimum atomic E-state index is 0.785. The normalized spacial score (nSPS) is 11.0. The summed E-state index contributed by atoms with van der Waals surface area (Å²) in [4.78, 5) is 0. The van der Waals surface area contributed by atoms with Gasteiger partial charge in [0.15, 0.2) is 0 Å². The molecule has 0 aromatic carbocycles. The van der Waals surface area contributed by atoms with E-state index in [4.69, 9.17) is 0 Å². The van der Waals surface area contributed by atoms with Gasteiger partial charge in [0.1, 0.15) is 0 Å². The fourth-order valence-corrected chi connectivity index (χ4v) is 1.84. The zero-order chi connectivity index (χ0) is 12.8. The number of nitrogens with one attached hydrogen (secondary N) is 1. The standard InChI is InChI=1S/C13H21N5/c1-3-5-14-6-12-7-16-18(9-12)11-13-8-15-17(4-2)10-13/h7-10,14H,3-6,11H2,1-2H3. The maximum Gasteiger partial charge on any atom is 0.0690 e. The minimum Gasteiger partial charge on any atom is -0.313 e. The number of aryl methyl sites for hydroxylation is 1. The summed E-state index contributed by atoms with van der Waals surface area (Å²) in [5.41, 5.74) is 2.42. The molecule has 2 rings (SSSR count). The van der Waals surface area contributed by atoms with Crippen LogP contribution in [-0.2, 0) is 19.6 Å². The molecule has 0 saturated carbocycles. The smallest absolute Gasteiger partial charge is 0.0690 e. The molecule has 18 heavy (non-hydrogen) atoms. The van der Waals surface area contributed by atoms with Crippen LogP contribution in [0, 0.1) is 0 Å². The van der Waals surface area contributed by atoms with E-state index in [9.17, 15) is 0 Å².